The van der Waals surface area contributed by atoms with Crippen LogP contribution in [0.3, 0.4) is 0 Å². The van der Waals surface area contributed by atoms with Crippen LogP contribution in [0.4, 0.5) is 10.1 Å². The molecule has 0 atom stereocenters. The fraction of sp³-hybridized carbons (Fsp3) is 0.242. The third-order valence-corrected chi connectivity index (χ3v) is 8.99. The Hall–Kier alpha value is -5.01. The lowest BCUT2D eigenvalue weighted by Gasteiger charge is -2.20. The molecule has 11 nitrogen and oxygen atoms in total. The molecule has 0 unspecified atom stereocenters. The number of carbonyl (C=O) groups is 1. The molecule has 0 aliphatic heterocycles. The van der Waals surface area contributed by atoms with Crippen molar-refractivity contribution in [2.45, 2.75) is 38.6 Å². The molecule has 0 radical (unpaired) electrons. The maximum atomic E-state index is 14.6. The molecule has 0 bridgehead atoms. The number of sulfonamides is 1. The predicted molar refractivity (Wildman–Crippen MR) is 174 cm³/mol. The molecule has 46 heavy (non-hydrogen) atoms. The Bertz CT molecular complexity index is 2210. The second kappa shape index (κ2) is 12.1. The first-order valence-electron chi connectivity index (χ1n) is 15.0. The summed E-state index contributed by atoms with van der Waals surface area (Å²) in [6.07, 6.45) is 13.0. The summed E-state index contributed by atoms with van der Waals surface area (Å²) >= 11 is 0. The normalized spacial score (nSPS) is 14.2. The van der Waals surface area contributed by atoms with Crippen molar-refractivity contribution in [2.75, 3.05) is 11.6 Å². The summed E-state index contributed by atoms with van der Waals surface area (Å²) in [5.74, 6) is -0.404. The first kappa shape index (κ1) is 29.7. The Labute approximate surface area is 264 Å². The van der Waals surface area contributed by atoms with E-state index in [0.717, 1.165) is 59.4 Å². The molecule has 1 fully saturated rings. The number of anilines is 1. The van der Waals surface area contributed by atoms with Gasteiger partial charge >= 0.3 is 0 Å². The quantitative estimate of drug-likeness (QED) is 0.161. The van der Waals surface area contributed by atoms with E-state index in [1.807, 2.05) is 18.2 Å². The maximum absolute atomic E-state index is 14.6. The van der Waals surface area contributed by atoms with Crippen molar-refractivity contribution < 1.29 is 17.6 Å². The number of aromatic amines is 2. The predicted octanol–water partition coefficient (Wildman–Crippen LogP) is 5.94. The van der Waals surface area contributed by atoms with Crippen LogP contribution < -0.4 is 10.0 Å². The zero-order chi connectivity index (χ0) is 31.8. The molecular formula is C33H31FN8O3S. The van der Waals surface area contributed by atoms with E-state index in [0.29, 0.717) is 39.5 Å². The standard InChI is InChI=1S/C33H31FN8O3S/c1-46(44,45)38-15-19-9-21(11-24(34)10-19)26-7-8-36-31-27(26)14-29(40-31)30-28-13-23(17-37-32(28)42-41-30)22-12-25(18-35-16-22)39-33(43)20-5-3-2-4-6-20/h7-14,16-18,20,38H,2-6,15H2,1H3,(H,36,40)(H,39,43)(H,37,41,42). The Balaban J connectivity index is 1.21. The molecule has 13 heteroatoms. The molecule has 0 saturated heterocycles. The molecule has 4 N–H and O–H groups in total. The van der Waals surface area contributed by atoms with Crippen LogP contribution in [0.25, 0.3) is 55.7 Å². The maximum Gasteiger partial charge on any atom is 0.227 e. The molecule has 1 aliphatic rings. The van der Waals surface area contributed by atoms with E-state index in [1.165, 1.54) is 18.6 Å². The molecular weight excluding hydrogens is 607 g/mol. The van der Waals surface area contributed by atoms with Gasteiger partial charge in [-0.25, -0.2) is 27.5 Å². The summed E-state index contributed by atoms with van der Waals surface area (Å²) in [6, 6.07) is 12.0. The fourth-order valence-electron chi connectivity index (χ4n) is 6.07. The number of pyridine rings is 3. The van der Waals surface area contributed by atoms with Gasteiger partial charge in [-0.15, -0.1) is 0 Å². The van der Waals surface area contributed by atoms with Gasteiger partial charge in [0.25, 0.3) is 0 Å². The highest BCUT2D eigenvalue weighted by atomic mass is 32.2. The Morgan fingerprint density at radius 1 is 0.935 bits per heavy atom. The van der Waals surface area contributed by atoms with Crippen LogP contribution in [-0.4, -0.2) is 50.7 Å². The molecule has 234 valence electrons. The number of carbonyl (C=O) groups excluding carboxylic acids is 1. The number of hydrogen-bond donors (Lipinski definition) is 4. The highest BCUT2D eigenvalue weighted by molar-refractivity contribution is 7.88. The van der Waals surface area contributed by atoms with Crippen molar-refractivity contribution in [3.05, 3.63) is 78.6 Å². The minimum atomic E-state index is -3.44. The number of nitrogens with zero attached hydrogens (tertiary/aromatic N) is 4. The molecule has 1 aromatic carbocycles. The molecule has 1 aliphatic carbocycles. The highest BCUT2D eigenvalue weighted by Gasteiger charge is 2.21. The van der Waals surface area contributed by atoms with Gasteiger partial charge in [0, 0.05) is 53.0 Å². The number of hydrogen-bond acceptors (Lipinski definition) is 7. The van der Waals surface area contributed by atoms with Crippen LogP contribution >= 0.6 is 0 Å². The second-order valence-corrected chi connectivity index (χ2v) is 13.6. The highest BCUT2D eigenvalue weighted by Crippen LogP contribution is 2.35. The fourth-order valence-corrected chi connectivity index (χ4v) is 6.50. The van der Waals surface area contributed by atoms with Crippen LogP contribution in [0.1, 0.15) is 37.7 Å². The van der Waals surface area contributed by atoms with Gasteiger partial charge in [-0.1, -0.05) is 19.3 Å². The summed E-state index contributed by atoms with van der Waals surface area (Å²) in [5, 5.41) is 12.1. The number of amides is 1. The first-order valence-corrected chi connectivity index (χ1v) is 16.9. The van der Waals surface area contributed by atoms with E-state index in [2.05, 4.69) is 40.2 Å². The van der Waals surface area contributed by atoms with Crippen molar-refractivity contribution >= 4 is 43.7 Å². The molecule has 7 rings (SSSR count). The smallest absolute Gasteiger partial charge is 0.227 e. The van der Waals surface area contributed by atoms with Gasteiger partial charge in [-0.3, -0.25) is 14.9 Å². The zero-order valence-corrected chi connectivity index (χ0v) is 25.8. The number of benzene rings is 1. The average Bonchev–Trinajstić information content (AvgIpc) is 3.68. The third kappa shape index (κ3) is 6.24. The number of fused-ring (bicyclic) bond motifs is 2. The van der Waals surface area contributed by atoms with E-state index >= 15 is 0 Å². The van der Waals surface area contributed by atoms with E-state index in [4.69, 9.17) is 0 Å². The number of H-pyrrole nitrogens is 2. The number of rotatable bonds is 8. The van der Waals surface area contributed by atoms with Crippen LogP contribution in [0.15, 0.2) is 67.3 Å². The van der Waals surface area contributed by atoms with Gasteiger partial charge in [-0.2, -0.15) is 5.10 Å². The van der Waals surface area contributed by atoms with Gasteiger partial charge in [0.05, 0.1) is 23.8 Å². The van der Waals surface area contributed by atoms with Crippen molar-refractivity contribution in [1.82, 2.24) is 34.9 Å². The summed E-state index contributed by atoms with van der Waals surface area (Å²) in [4.78, 5) is 29.6. The number of nitrogens with one attached hydrogen (secondary N) is 4. The second-order valence-electron chi connectivity index (χ2n) is 11.7. The van der Waals surface area contributed by atoms with Crippen molar-refractivity contribution in [1.29, 1.82) is 0 Å². The lowest BCUT2D eigenvalue weighted by Crippen LogP contribution is -2.24. The lowest BCUT2D eigenvalue weighted by molar-refractivity contribution is -0.120. The van der Waals surface area contributed by atoms with E-state index in [9.17, 15) is 17.6 Å². The van der Waals surface area contributed by atoms with Crippen molar-refractivity contribution in [3.63, 3.8) is 0 Å². The summed E-state index contributed by atoms with van der Waals surface area (Å²) in [5.41, 5.74) is 6.53. The Kier molecular flexibility index (Phi) is 7.79. The minimum absolute atomic E-state index is 0.0316. The first-order chi connectivity index (χ1) is 22.2. The molecule has 5 heterocycles. The Morgan fingerprint density at radius 2 is 1.76 bits per heavy atom. The van der Waals surface area contributed by atoms with Crippen molar-refractivity contribution in [2.24, 2.45) is 5.92 Å². The van der Waals surface area contributed by atoms with Gasteiger partial charge in [0.1, 0.15) is 17.2 Å². The average molecular weight is 639 g/mol. The molecule has 6 aromatic rings. The van der Waals surface area contributed by atoms with Crippen molar-refractivity contribution in [3.8, 4) is 33.6 Å². The van der Waals surface area contributed by atoms with Gasteiger partial charge in [-0.05, 0) is 72.0 Å². The summed E-state index contributed by atoms with van der Waals surface area (Å²) in [7, 11) is -3.44. The van der Waals surface area contributed by atoms with E-state index in [-0.39, 0.29) is 18.4 Å². The molecule has 1 amide bonds. The molecule has 0 spiro atoms. The van der Waals surface area contributed by atoms with Crippen LogP contribution in [0, 0.1) is 11.7 Å². The van der Waals surface area contributed by atoms with Gasteiger partial charge < -0.3 is 10.3 Å². The minimum Gasteiger partial charge on any atom is -0.338 e. The third-order valence-electron chi connectivity index (χ3n) is 8.33. The summed E-state index contributed by atoms with van der Waals surface area (Å²) < 4.78 is 40.2. The SMILES string of the molecule is CS(=O)(=O)NCc1cc(F)cc(-c2ccnc3[nH]c(-c4n[nH]c5ncc(-c6cncc(NC(=O)C7CCCCC7)c6)cc45)cc23)c1. The monoisotopic (exact) mass is 638 g/mol. The van der Waals surface area contributed by atoms with Crippen LogP contribution in [-0.2, 0) is 21.4 Å². The molecule has 5 aromatic heterocycles. The van der Waals surface area contributed by atoms with Gasteiger partial charge in [0.2, 0.25) is 15.9 Å². The number of aromatic nitrogens is 6. The zero-order valence-electron chi connectivity index (χ0n) is 25.0. The van der Waals surface area contributed by atoms with Gasteiger partial charge in [0.15, 0.2) is 5.65 Å². The largest absolute Gasteiger partial charge is 0.338 e. The van der Waals surface area contributed by atoms with E-state index < -0.39 is 15.8 Å². The van der Waals surface area contributed by atoms with Crippen LogP contribution in [0.5, 0.6) is 0 Å². The topological polar surface area (TPSA) is 158 Å². The molecule has 1 saturated carbocycles. The van der Waals surface area contributed by atoms with Crippen LogP contribution in [0.2, 0.25) is 0 Å². The van der Waals surface area contributed by atoms with E-state index in [1.54, 1.807) is 36.9 Å². The summed E-state index contributed by atoms with van der Waals surface area (Å²) in [6.45, 7) is -0.0316. The lowest BCUT2D eigenvalue weighted by atomic mass is 9.88. The Morgan fingerprint density at radius 3 is 2.59 bits per heavy atom. The number of halogens is 1.